The van der Waals surface area contributed by atoms with Crippen LogP contribution >= 0.6 is 27.5 Å². The molecule has 2 aromatic rings. The van der Waals surface area contributed by atoms with Crippen LogP contribution in [0.25, 0.3) is 0 Å². The lowest BCUT2D eigenvalue weighted by Gasteiger charge is -2.05. The number of ketones is 1. The molecule has 1 heterocycles. The van der Waals surface area contributed by atoms with E-state index in [0.717, 1.165) is 15.6 Å². The molecule has 0 aliphatic carbocycles. The molecule has 1 aromatic carbocycles. The van der Waals surface area contributed by atoms with Crippen LogP contribution in [0.2, 0.25) is 5.02 Å². The van der Waals surface area contributed by atoms with Gasteiger partial charge in [-0.3, -0.25) is 9.78 Å². The summed E-state index contributed by atoms with van der Waals surface area (Å²) in [5, 5.41) is 0.631. The lowest BCUT2D eigenvalue weighted by molar-refractivity contribution is 0.0992. The molecule has 2 rings (SSSR count). The molecule has 0 atom stereocenters. The molecule has 0 bridgehead atoms. The van der Waals surface area contributed by atoms with Crippen LogP contribution in [0.1, 0.15) is 21.5 Å². The van der Waals surface area contributed by atoms with Crippen LogP contribution in [0.3, 0.4) is 0 Å². The molecule has 0 spiro atoms. The zero-order valence-corrected chi connectivity index (χ0v) is 12.1. The van der Waals surface area contributed by atoms with E-state index in [9.17, 15) is 4.79 Å². The number of pyridine rings is 1. The zero-order valence-electron chi connectivity index (χ0n) is 9.78. The standard InChI is InChI=1S/C14H11BrClNO/c1-9-2-3-10(13(16)4-9)6-14(18)11-5-12(15)8-17-7-11/h2-5,7-8H,6H2,1H3. The highest BCUT2D eigenvalue weighted by Gasteiger charge is 2.10. The fraction of sp³-hybridized carbons (Fsp3) is 0.143. The molecule has 2 nitrogen and oxygen atoms in total. The second-order valence-electron chi connectivity index (χ2n) is 4.09. The zero-order chi connectivity index (χ0) is 13.1. The fourth-order valence-electron chi connectivity index (χ4n) is 1.64. The average molecular weight is 325 g/mol. The number of hydrogen-bond donors (Lipinski definition) is 0. The van der Waals surface area contributed by atoms with E-state index in [0.29, 0.717) is 10.6 Å². The van der Waals surface area contributed by atoms with Crippen LogP contribution in [0, 0.1) is 6.92 Å². The second kappa shape index (κ2) is 5.63. The number of nitrogens with zero attached hydrogens (tertiary/aromatic N) is 1. The highest BCUT2D eigenvalue weighted by molar-refractivity contribution is 9.10. The quantitative estimate of drug-likeness (QED) is 0.791. The lowest BCUT2D eigenvalue weighted by atomic mass is 10.0. The smallest absolute Gasteiger partial charge is 0.168 e. The molecule has 0 N–H and O–H groups in total. The summed E-state index contributed by atoms with van der Waals surface area (Å²) in [6, 6.07) is 7.47. The minimum atomic E-state index is 0.00885. The summed E-state index contributed by atoms with van der Waals surface area (Å²) in [6.07, 6.45) is 3.50. The van der Waals surface area contributed by atoms with Gasteiger partial charge in [0.2, 0.25) is 0 Å². The molecular formula is C14H11BrClNO. The summed E-state index contributed by atoms with van der Waals surface area (Å²) >= 11 is 9.41. The minimum absolute atomic E-state index is 0.00885. The maximum absolute atomic E-state index is 12.1. The van der Waals surface area contributed by atoms with E-state index in [1.807, 2.05) is 25.1 Å². The molecular weight excluding hydrogens is 314 g/mol. The Morgan fingerprint density at radius 2 is 2.11 bits per heavy atom. The first kappa shape index (κ1) is 13.2. The van der Waals surface area contributed by atoms with Crippen molar-refractivity contribution < 1.29 is 4.79 Å². The third kappa shape index (κ3) is 3.18. The van der Waals surface area contributed by atoms with Crippen molar-refractivity contribution in [3.8, 4) is 0 Å². The van der Waals surface area contributed by atoms with E-state index in [-0.39, 0.29) is 12.2 Å². The Kier molecular flexibility index (Phi) is 4.15. The van der Waals surface area contributed by atoms with Crippen molar-refractivity contribution in [3.63, 3.8) is 0 Å². The van der Waals surface area contributed by atoms with Crippen molar-refractivity contribution in [2.24, 2.45) is 0 Å². The first-order chi connectivity index (χ1) is 8.56. The van der Waals surface area contributed by atoms with E-state index in [4.69, 9.17) is 11.6 Å². The van der Waals surface area contributed by atoms with Gasteiger partial charge in [-0.05, 0) is 46.1 Å². The molecule has 18 heavy (non-hydrogen) atoms. The van der Waals surface area contributed by atoms with E-state index in [1.54, 1.807) is 18.5 Å². The first-order valence-electron chi connectivity index (χ1n) is 5.45. The first-order valence-corrected chi connectivity index (χ1v) is 6.62. The van der Waals surface area contributed by atoms with E-state index in [1.165, 1.54) is 0 Å². The number of rotatable bonds is 3. The van der Waals surface area contributed by atoms with Gasteiger partial charge in [-0.2, -0.15) is 0 Å². The average Bonchev–Trinajstić information content (AvgIpc) is 2.32. The van der Waals surface area contributed by atoms with Crippen LogP contribution in [0.4, 0.5) is 0 Å². The van der Waals surface area contributed by atoms with Crippen molar-refractivity contribution in [2.75, 3.05) is 0 Å². The van der Waals surface area contributed by atoms with Gasteiger partial charge in [0, 0.05) is 33.9 Å². The Morgan fingerprint density at radius 1 is 1.33 bits per heavy atom. The predicted octanol–water partition coefficient (Wildman–Crippen LogP) is 4.23. The van der Waals surface area contributed by atoms with Crippen LogP contribution in [-0.2, 0) is 6.42 Å². The summed E-state index contributed by atoms with van der Waals surface area (Å²) < 4.78 is 0.795. The summed E-state index contributed by atoms with van der Waals surface area (Å²) in [7, 11) is 0. The molecule has 0 radical (unpaired) electrons. The van der Waals surface area contributed by atoms with Crippen LogP contribution < -0.4 is 0 Å². The maximum atomic E-state index is 12.1. The van der Waals surface area contributed by atoms with Gasteiger partial charge in [-0.1, -0.05) is 23.7 Å². The van der Waals surface area contributed by atoms with Crippen molar-refractivity contribution in [1.82, 2.24) is 4.98 Å². The normalized spacial score (nSPS) is 10.4. The summed E-state index contributed by atoms with van der Waals surface area (Å²) in [4.78, 5) is 16.1. The van der Waals surface area contributed by atoms with Gasteiger partial charge >= 0.3 is 0 Å². The van der Waals surface area contributed by atoms with E-state index < -0.39 is 0 Å². The highest BCUT2D eigenvalue weighted by atomic mass is 79.9. The molecule has 0 aliphatic heterocycles. The van der Waals surface area contributed by atoms with Crippen molar-refractivity contribution in [2.45, 2.75) is 13.3 Å². The maximum Gasteiger partial charge on any atom is 0.168 e. The lowest BCUT2D eigenvalue weighted by Crippen LogP contribution is -2.04. The van der Waals surface area contributed by atoms with Gasteiger partial charge < -0.3 is 0 Å². The molecule has 0 saturated heterocycles. The largest absolute Gasteiger partial charge is 0.294 e. The number of aryl methyl sites for hydroxylation is 1. The number of carbonyl (C=O) groups excluding carboxylic acids is 1. The summed E-state index contributed by atoms with van der Waals surface area (Å²) in [6.45, 7) is 1.97. The number of carbonyl (C=O) groups is 1. The number of aromatic nitrogens is 1. The van der Waals surface area contributed by atoms with Gasteiger partial charge in [0.15, 0.2) is 5.78 Å². The van der Waals surface area contributed by atoms with Gasteiger partial charge in [0.1, 0.15) is 0 Å². The number of Topliss-reactive ketones (excluding diaryl/α,β-unsaturated/α-hetero) is 1. The third-order valence-electron chi connectivity index (χ3n) is 2.59. The van der Waals surface area contributed by atoms with Crippen LogP contribution in [0.5, 0.6) is 0 Å². The molecule has 92 valence electrons. The van der Waals surface area contributed by atoms with Gasteiger partial charge in [0.25, 0.3) is 0 Å². The van der Waals surface area contributed by atoms with E-state index in [2.05, 4.69) is 20.9 Å². The van der Waals surface area contributed by atoms with Crippen molar-refractivity contribution in [3.05, 3.63) is 62.8 Å². The van der Waals surface area contributed by atoms with Gasteiger partial charge in [-0.25, -0.2) is 0 Å². The van der Waals surface area contributed by atoms with Crippen molar-refractivity contribution >= 4 is 33.3 Å². The van der Waals surface area contributed by atoms with Gasteiger partial charge in [-0.15, -0.1) is 0 Å². The topological polar surface area (TPSA) is 30.0 Å². The number of benzene rings is 1. The SMILES string of the molecule is Cc1ccc(CC(=O)c2cncc(Br)c2)c(Cl)c1. The van der Waals surface area contributed by atoms with Crippen LogP contribution in [0.15, 0.2) is 41.1 Å². The molecule has 1 aromatic heterocycles. The third-order valence-corrected chi connectivity index (χ3v) is 3.37. The highest BCUT2D eigenvalue weighted by Crippen LogP contribution is 2.20. The Morgan fingerprint density at radius 3 is 2.78 bits per heavy atom. The summed E-state index contributed by atoms with van der Waals surface area (Å²) in [5.41, 5.74) is 2.51. The Balaban J connectivity index is 2.21. The van der Waals surface area contributed by atoms with E-state index >= 15 is 0 Å². The monoisotopic (exact) mass is 323 g/mol. The molecule has 0 fully saturated rings. The minimum Gasteiger partial charge on any atom is -0.294 e. The summed E-state index contributed by atoms with van der Waals surface area (Å²) in [5.74, 6) is 0.00885. The Labute approximate surface area is 119 Å². The predicted molar refractivity (Wildman–Crippen MR) is 76.2 cm³/mol. The molecule has 4 heteroatoms. The molecule has 0 amide bonds. The Hall–Kier alpha value is -1.19. The Bertz CT molecular complexity index is 598. The second-order valence-corrected chi connectivity index (χ2v) is 5.41. The molecule has 0 unspecified atom stereocenters. The molecule has 0 saturated carbocycles. The number of halogens is 2. The van der Waals surface area contributed by atoms with Crippen LogP contribution in [-0.4, -0.2) is 10.8 Å². The van der Waals surface area contributed by atoms with Crippen molar-refractivity contribution in [1.29, 1.82) is 0 Å². The number of hydrogen-bond acceptors (Lipinski definition) is 2. The fourth-order valence-corrected chi connectivity index (χ4v) is 2.30. The van der Waals surface area contributed by atoms with Gasteiger partial charge in [0.05, 0.1) is 0 Å². The molecule has 0 aliphatic rings.